The van der Waals surface area contributed by atoms with Crippen molar-refractivity contribution in [1.82, 2.24) is 24.5 Å². The molecule has 0 atom stereocenters. The molecule has 2 aliphatic rings. The van der Waals surface area contributed by atoms with Crippen molar-refractivity contribution in [1.29, 1.82) is 0 Å². The first-order valence-electron chi connectivity index (χ1n) is 8.30. The molecular formula is C19H17IN6O. The van der Waals surface area contributed by atoms with E-state index in [1.54, 1.807) is 19.6 Å². The van der Waals surface area contributed by atoms with Gasteiger partial charge in [0.05, 0.1) is 20.0 Å². The number of fused-ring (bicyclic) bond motifs is 1. The first-order valence-corrected chi connectivity index (χ1v) is 9.38. The highest BCUT2D eigenvalue weighted by Crippen LogP contribution is 2.31. The van der Waals surface area contributed by atoms with Crippen molar-refractivity contribution >= 4 is 28.4 Å². The number of anilines is 1. The predicted octanol–water partition coefficient (Wildman–Crippen LogP) is 3.39. The number of nitrogens with zero attached hydrogens (tertiary/aromatic N) is 5. The molecule has 1 aromatic carbocycles. The molecule has 2 N–H and O–H groups in total. The van der Waals surface area contributed by atoms with E-state index in [0.29, 0.717) is 35.6 Å². The molecule has 8 heteroatoms. The van der Waals surface area contributed by atoms with E-state index in [2.05, 4.69) is 37.5 Å². The van der Waals surface area contributed by atoms with Gasteiger partial charge in [-0.05, 0) is 41.1 Å². The van der Waals surface area contributed by atoms with Crippen LogP contribution < -0.4 is 10.5 Å². The lowest BCUT2D eigenvalue weighted by atomic mass is 10.1. The van der Waals surface area contributed by atoms with Gasteiger partial charge in [0, 0.05) is 20.9 Å². The number of imidazole rings is 1. The van der Waals surface area contributed by atoms with Crippen LogP contribution in [0.5, 0.6) is 5.88 Å². The number of hydrogen-bond acceptors (Lipinski definition) is 6. The lowest BCUT2D eigenvalue weighted by Gasteiger charge is -2.14. The molecule has 0 bridgehead atoms. The Labute approximate surface area is 170 Å². The first-order chi connectivity index (χ1) is 13.1. The first kappa shape index (κ1) is 17.7. The number of rotatable bonds is 4. The fourth-order valence-corrected chi connectivity index (χ4v) is 3.52. The molecule has 0 fully saturated rings. The second-order valence-corrected chi connectivity index (χ2v) is 7.23. The Morgan fingerprint density at radius 1 is 1.15 bits per heavy atom. The van der Waals surface area contributed by atoms with Gasteiger partial charge in [0.15, 0.2) is 23.2 Å². The second kappa shape index (κ2) is 7.10. The van der Waals surface area contributed by atoms with Crippen LogP contribution in [0, 0.1) is 10.5 Å². The van der Waals surface area contributed by atoms with Crippen molar-refractivity contribution in [3.05, 3.63) is 57.6 Å². The van der Waals surface area contributed by atoms with Crippen LogP contribution in [0.25, 0.3) is 22.9 Å². The van der Waals surface area contributed by atoms with Gasteiger partial charge in [-0.3, -0.25) is 0 Å². The highest BCUT2D eigenvalue weighted by Gasteiger charge is 2.21. The number of benzene rings is 1. The molecule has 4 rings (SSSR count). The maximum Gasteiger partial charge on any atom is 0.219 e. The molecular weight excluding hydrogens is 455 g/mol. The zero-order chi connectivity index (χ0) is 19.0. The van der Waals surface area contributed by atoms with Gasteiger partial charge in [0.25, 0.3) is 0 Å². The summed E-state index contributed by atoms with van der Waals surface area (Å²) in [5.41, 5.74) is 9.70. The van der Waals surface area contributed by atoms with Crippen molar-refractivity contribution < 1.29 is 4.74 Å². The Hall–Kier alpha value is -2.75. The van der Waals surface area contributed by atoms with Crippen LogP contribution in [-0.4, -0.2) is 31.6 Å². The van der Waals surface area contributed by atoms with Crippen molar-refractivity contribution in [3.63, 3.8) is 0 Å². The van der Waals surface area contributed by atoms with Crippen molar-refractivity contribution in [2.45, 2.75) is 13.5 Å². The summed E-state index contributed by atoms with van der Waals surface area (Å²) in [7, 11) is 1.61. The number of nitrogens with two attached hydrogens (primary N) is 1. The molecule has 0 saturated heterocycles. The number of hydrogen-bond donors (Lipinski definition) is 1. The van der Waals surface area contributed by atoms with E-state index in [0.717, 1.165) is 20.3 Å². The van der Waals surface area contributed by atoms with E-state index >= 15 is 0 Å². The van der Waals surface area contributed by atoms with Crippen LogP contribution in [0.2, 0.25) is 0 Å². The van der Waals surface area contributed by atoms with Gasteiger partial charge in [-0.25, -0.2) is 19.9 Å². The number of pyridine rings is 1. The van der Waals surface area contributed by atoms with Crippen LogP contribution >= 0.6 is 22.6 Å². The zero-order valence-electron chi connectivity index (χ0n) is 14.8. The number of methoxy groups -OCH3 is 1. The number of halogens is 1. The van der Waals surface area contributed by atoms with Crippen LogP contribution in [-0.2, 0) is 6.54 Å². The summed E-state index contributed by atoms with van der Waals surface area (Å²) in [5.74, 6) is 2.27. The van der Waals surface area contributed by atoms with E-state index in [-0.39, 0.29) is 0 Å². The summed E-state index contributed by atoms with van der Waals surface area (Å²) in [4.78, 5) is 18.0. The van der Waals surface area contributed by atoms with Gasteiger partial charge in [0.1, 0.15) is 0 Å². The molecule has 0 radical (unpaired) electrons. The molecule has 3 heterocycles. The lowest BCUT2D eigenvalue weighted by molar-refractivity contribution is 0.390. The Morgan fingerprint density at radius 2 is 1.96 bits per heavy atom. The van der Waals surface area contributed by atoms with Gasteiger partial charge >= 0.3 is 0 Å². The molecule has 0 spiro atoms. The standard InChI is InChI=1S/C19H17IN6O/c1-11-5-3-4-6-12(11)17-24-15-16(21)23-10-26(18(15)25-17)9-13-14(20)7-8-22-19(13)27-2/h3-8,10H,9,21H2,1-2H3. The average Bonchev–Trinajstić information content (AvgIpc) is 3.12. The van der Waals surface area contributed by atoms with E-state index in [9.17, 15) is 0 Å². The smallest absolute Gasteiger partial charge is 0.219 e. The van der Waals surface area contributed by atoms with Gasteiger partial charge < -0.3 is 15.0 Å². The van der Waals surface area contributed by atoms with Crippen LogP contribution in [0.4, 0.5) is 5.82 Å². The lowest BCUT2D eigenvalue weighted by Crippen LogP contribution is -2.11. The minimum absolute atomic E-state index is 0.362. The Kier molecular flexibility index (Phi) is 4.65. The summed E-state index contributed by atoms with van der Waals surface area (Å²) >= 11 is 2.27. The molecule has 2 aliphatic heterocycles. The Bertz CT molecular complexity index is 1090. The van der Waals surface area contributed by atoms with Gasteiger partial charge in [-0.2, -0.15) is 0 Å². The number of aromatic nitrogens is 5. The summed E-state index contributed by atoms with van der Waals surface area (Å²) in [5, 5.41) is 0. The van der Waals surface area contributed by atoms with E-state index in [1.807, 2.05) is 41.8 Å². The second-order valence-electron chi connectivity index (χ2n) is 6.07. The van der Waals surface area contributed by atoms with Gasteiger partial charge in [-0.15, -0.1) is 0 Å². The fraction of sp³-hybridized carbons (Fsp3) is 0.158. The summed E-state index contributed by atoms with van der Waals surface area (Å²) in [6.07, 6.45) is 3.40. The third-order valence-electron chi connectivity index (χ3n) is 4.36. The Balaban J connectivity index is 1.84. The van der Waals surface area contributed by atoms with Crippen LogP contribution in [0.15, 0.2) is 42.9 Å². The highest BCUT2D eigenvalue weighted by atomic mass is 127. The summed E-state index contributed by atoms with van der Waals surface area (Å²) in [6.45, 7) is 2.54. The van der Waals surface area contributed by atoms with E-state index in [1.165, 1.54) is 0 Å². The summed E-state index contributed by atoms with van der Waals surface area (Å²) in [6, 6.07) is 9.95. The maximum atomic E-state index is 6.07. The Morgan fingerprint density at radius 3 is 2.74 bits per heavy atom. The monoisotopic (exact) mass is 472 g/mol. The normalized spacial score (nSPS) is 11.1. The molecule has 7 nitrogen and oxygen atoms in total. The molecule has 27 heavy (non-hydrogen) atoms. The quantitative estimate of drug-likeness (QED) is 0.458. The molecule has 0 aliphatic carbocycles. The van der Waals surface area contributed by atoms with E-state index in [4.69, 9.17) is 15.5 Å². The third-order valence-corrected chi connectivity index (χ3v) is 5.37. The minimum Gasteiger partial charge on any atom is -0.481 e. The molecule has 1 aromatic heterocycles. The molecule has 0 unspecified atom stereocenters. The number of nitrogen functional groups attached to an aromatic ring is 1. The van der Waals surface area contributed by atoms with Crippen LogP contribution in [0.3, 0.4) is 0 Å². The molecule has 0 saturated carbocycles. The largest absolute Gasteiger partial charge is 0.481 e. The van der Waals surface area contributed by atoms with E-state index < -0.39 is 0 Å². The minimum atomic E-state index is 0.362. The number of ether oxygens (including phenoxy) is 1. The van der Waals surface area contributed by atoms with Crippen molar-refractivity contribution in [3.8, 4) is 28.8 Å². The maximum absolute atomic E-state index is 6.07. The van der Waals surface area contributed by atoms with Crippen molar-refractivity contribution in [2.75, 3.05) is 12.8 Å². The highest BCUT2D eigenvalue weighted by molar-refractivity contribution is 14.1. The third kappa shape index (κ3) is 3.20. The molecule has 0 amide bonds. The summed E-state index contributed by atoms with van der Waals surface area (Å²) < 4.78 is 8.38. The molecule has 2 aromatic rings. The topological polar surface area (TPSA) is 91.7 Å². The predicted molar refractivity (Wildman–Crippen MR) is 112 cm³/mol. The van der Waals surface area contributed by atoms with Crippen LogP contribution in [0.1, 0.15) is 11.1 Å². The average molecular weight is 472 g/mol. The molecule has 136 valence electrons. The van der Waals surface area contributed by atoms with Gasteiger partial charge in [-0.1, -0.05) is 24.3 Å². The number of aryl methyl sites for hydroxylation is 1. The van der Waals surface area contributed by atoms with Gasteiger partial charge in [0.2, 0.25) is 5.88 Å². The van der Waals surface area contributed by atoms with Crippen molar-refractivity contribution in [2.24, 2.45) is 0 Å². The fourth-order valence-electron chi connectivity index (χ4n) is 2.95. The zero-order valence-corrected chi connectivity index (χ0v) is 17.0. The SMILES string of the molecule is COc1nccc(I)c1Cn1cnc(N)c2nc(-c3ccccc3C)nc1-2.